The zero-order valence-corrected chi connectivity index (χ0v) is 14.6. The second-order valence-electron chi connectivity index (χ2n) is 4.21. The molecular weight excluding hydrogens is 330 g/mol. The van der Waals surface area contributed by atoms with Crippen molar-refractivity contribution >= 4 is 45.3 Å². The number of hydrogen-bond donors (Lipinski definition) is 3. The van der Waals surface area contributed by atoms with Crippen LogP contribution in [0.15, 0.2) is 0 Å². The van der Waals surface area contributed by atoms with E-state index < -0.39 is 18.1 Å². The first-order valence-corrected chi connectivity index (χ1v) is 8.88. The topological polar surface area (TPSA) is 114 Å². The maximum Gasteiger partial charge on any atom is 0.329 e. The second-order valence-corrected chi connectivity index (χ2v) is 6.76. The molecule has 0 aliphatic heterocycles. The number of nitrogens with one attached hydrogen (secondary N) is 3. The molecular formula is C12H21N3O5S2. The largest absolute Gasteiger partial charge is 0.467 e. The summed E-state index contributed by atoms with van der Waals surface area (Å²) in [6.45, 7) is 2.64. The first kappa shape index (κ1) is 20.6. The molecule has 0 radical (unpaired) electrons. The minimum Gasteiger partial charge on any atom is -0.467 e. The highest BCUT2D eigenvalue weighted by Crippen LogP contribution is 2.23. The van der Waals surface area contributed by atoms with Crippen LogP contribution in [0.3, 0.4) is 0 Å². The number of amides is 3. The predicted molar refractivity (Wildman–Crippen MR) is 86.2 cm³/mol. The Hall–Kier alpha value is -1.42. The molecule has 0 aliphatic rings. The predicted octanol–water partition coefficient (Wildman–Crippen LogP) is -0.704. The van der Waals surface area contributed by atoms with Gasteiger partial charge in [-0.1, -0.05) is 21.6 Å². The normalized spacial score (nSPS) is 12.7. The van der Waals surface area contributed by atoms with Crippen LogP contribution in [0, 0.1) is 0 Å². The van der Waals surface area contributed by atoms with Gasteiger partial charge in [-0.15, -0.1) is 0 Å². The third-order valence-corrected chi connectivity index (χ3v) is 4.78. The molecule has 8 nitrogen and oxygen atoms in total. The fourth-order valence-corrected chi connectivity index (χ4v) is 3.70. The molecule has 0 unspecified atom stereocenters. The molecule has 3 N–H and O–H groups in total. The van der Waals surface area contributed by atoms with Gasteiger partial charge in [0.05, 0.1) is 7.11 Å². The molecule has 0 aromatic rings. The Balaban J connectivity index is 4.33. The van der Waals surface area contributed by atoms with Crippen LogP contribution in [-0.2, 0) is 23.9 Å². The van der Waals surface area contributed by atoms with Crippen LogP contribution >= 0.6 is 21.6 Å². The van der Waals surface area contributed by atoms with Gasteiger partial charge in [0.2, 0.25) is 17.7 Å². The Morgan fingerprint density at radius 3 is 1.82 bits per heavy atom. The van der Waals surface area contributed by atoms with Crippen molar-refractivity contribution in [2.75, 3.05) is 25.7 Å². The number of rotatable bonds is 9. The summed E-state index contributed by atoms with van der Waals surface area (Å²) in [5.74, 6) is -0.843. The van der Waals surface area contributed by atoms with Gasteiger partial charge in [0, 0.05) is 32.4 Å². The minimum absolute atomic E-state index is 0.289. The summed E-state index contributed by atoms with van der Waals surface area (Å²) >= 11 is 0. The van der Waals surface area contributed by atoms with Crippen LogP contribution in [0.1, 0.15) is 13.8 Å². The molecule has 0 saturated heterocycles. The zero-order valence-electron chi connectivity index (χ0n) is 12.9. The van der Waals surface area contributed by atoms with Gasteiger partial charge in [0.1, 0.15) is 12.1 Å². The SMILES string of the molecule is CNC(=O)[C@H](CSSC[C@H](NC(C)=O)C(=O)OC)NC(C)=O. The monoisotopic (exact) mass is 351 g/mol. The summed E-state index contributed by atoms with van der Waals surface area (Å²) in [6, 6.07) is -1.41. The van der Waals surface area contributed by atoms with Crippen molar-refractivity contribution in [3.63, 3.8) is 0 Å². The Kier molecular flexibility index (Phi) is 10.5. The van der Waals surface area contributed by atoms with Gasteiger partial charge in [-0.25, -0.2) is 4.79 Å². The second kappa shape index (κ2) is 11.2. The molecule has 0 rings (SSSR count). The molecule has 0 aromatic heterocycles. The summed E-state index contributed by atoms with van der Waals surface area (Å²) < 4.78 is 4.60. The maximum absolute atomic E-state index is 11.6. The van der Waals surface area contributed by atoms with Crippen LogP contribution in [0.2, 0.25) is 0 Å². The lowest BCUT2D eigenvalue weighted by atomic mass is 10.3. The first-order chi connectivity index (χ1) is 10.3. The fraction of sp³-hybridized carbons (Fsp3) is 0.667. The number of esters is 1. The van der Waals surface area contributed by atoms with E-state index in [1.54, 1.807) is 0 Å². The van der Waals surface area contributed by atoms with Crippen LogP contribution in [0.25, 0.3) is 0 Å². The third-order valence-electron chi connectivity index (χ3n) is 2.36. The van der Waals surface area contributed by atoms with E-state index >= 15 is 0 Å². The summed E-state index contributed by atoms with van der Waals surface area (Å²) in [6.07, 6.45) is 0. The molecule has 126 valence electrons. The molecule has 22 heavy (non-hydrogen) atoms. The lowest BCUT2D eigenvalue weighted by Gasteiger charge is -2.17. The van der Waals surface area contributed by atoms with Gasteiger partial charge in [-0.2, -0.15) is 0 Å². The van der Waals surface area contributed by atoms with E-state index in [0.29, 0.717) is 5.75 Å². The number of ether oxygens (including phenoxy) is 1. The molecule has 10 heteroatoms. The number of hydrogen-bond acceptors (Lipinski definition) is 7. The minimum atomic E-state index is -0.751. The summed E-state index contributed by atoms with van der Waals surface area (Å²) in [5, 5.41) is 7.49. The van der Waals surface area contributed by atoms with Crippen LogP contribution in [-0.4, -0.2) is 61.4 Å². The van der Waals surface area contributed by atoms with Crippen LogP contribution < -0.4 is 16.0 Å². The molecule has 0 spiro atoms. The van der Waals surface area contributed by atoms with Crippen molar-refractivity contribution in [2.24, 2.45) is 0 Å². The average Bonchev–Trinajstić information content (AvgIpc) is 2.46. The van der Waals surface area contributed by atoms with Gasteiger partial charge in [-0.3, -0.25) is 14.4 Å². The number of likely N-dealkylation sites (N-methyl/N-ethyl adjacent to an activating group) is 1. The highest BCUT2D eigenvalue weighted by atomic mass is 33.1. The standard InChI is InChI=1S/C12H21N3O5S2/c1-7(16)14-9(11(18)13-3)5-21-22-6-10(12(19)20-4)15-8(2)17/h9-10H,5-6H2,1-4H3,(H,13,18)(H,14,16)(H,15,17)/t9-,10-/m0/s1. The van der Waals surface area contributed by atoms with Gasteiger partial charge in [0.25, 0.3) is 0 Å². The average molecular weight is 351 g/mol. The molecule has 0 fully saturated rings. The Morgan fingerprint density at radius 2 is 1.41 bits per heavy atom. The fourth-order valence-electron chi connectivity index (χ4n) is 1.39. The molecule has 0 bridgehead atoms. The highest BCUT2D eigenvalue weighted by Gasteiger charge is 2.22. The number of carbonyl (C=O) groups is 4. The smallest absolute Gasteiger partial charge is 0.329 e. The summed E-state index contributed by atoms with van der Waals surface area (Å²) in [5.41, 5.74) is 0. The van der Waals surface area contributed by atoms with Crippen molar-refractivity contribution in [3.8, 4) is 0 Å². The highest BCUT2D eigenvalue weighted by molar-refractivity contribution is 8.76. The Labute approximate surface area is 137 Å². The molecule has 0 aliphatic carbocycles. The van der Waals surface area contributed by atoms with Crippen LogP contribution in [0.4, 0.5) is 0 Å². The van der Waals surface area contributed by atoms with Gasteiger partial charge in [0.15, 0.2) is 0 Å². The number of carbonyl (C=O) groups excluding carboxylic acids is 4. The van der Waals surface area contributed by atoms with Crippen molar-refractivity contribution in [1.82, 2.24) is 16.0 Å². The molecule has 0 heterocycles. The first-order valence-electron chi connectivity index (χ1n) is 6.39. The Bertz CT molecular complexity index is 382. The van der Waals surface area contributed by atoms with Gasteiger partial charge < -0.3 is 20.7 Å². The van der Waals surface area contributed by atoms with E-state index in [2.05, 4.69) is 20.7 Å². The van der Waals surface area contributed by atoms with E-state index in [0.717, 1.165) is 0 Å². The van der Waals surface area contributed by atoms with Crippen molar-refractivity contribution in [3.05, 3.63) is 0 Å². The number of methoxy groups -OCH3 is 1. The van der Waals surface area contributed by atoms with E-state index in [-0.39, 0.29) is 23.5 Å². The lowest BCUT2D eigenvalue weighted by molar-refractivity contribution is -0.144. The van der Waals surface area contributed by atoms with Crippen LogP contribution in [0.5, 0.6) is 0 Å². The quantitative estimate of drug-likeness (QED) is 0.286. The van der Waals surface area contributed by atoms with Gasteiger partial charge >= 0.3 is 5.97 Å². The maximum atomic E-state index is 11.6. The van der Waals surface area contributed by atoms with Gasteiger partial charge in [-0.05, 0) is 0 Å². The van der Waals surface area contributed by atoms with Crippen molar-refractivity contribution in [1.29, 1.82) is 0 Å². The molecule has 3 amide bonds. The van der Waals surface area contributed by atoms with E-state index in [4.69, 9.17) is 0 Å². The molecule has 0 saturated carbocycles. The van der Waals surface area contributed by atoms with Crippen molar-refractivity contribution < 1.29 is 23.9 Å². The van der Waals surface area contributed by atoms with E-state index in [1.807, 2.05) is 0 Å². The Morgan fingerprint density at radius 1 is 0.955 bits per heavy atom. The molecule has 2 atom stereocenters. The molecule has 0 aromatic carbocycles. The lowest BCUT2D eigenvalue weighted by Crippen LogP contribution is -2.46. The zero-order chi connectivity index (χ0) is 17.1. The third kappa shape index (κ3) is 8.78. The summed E-state index contributed by atoms with van der Waals surface area (Å²) in [4.78, 5) is 45.2. The van der Waals surface area contributed by atoms with Crippen molar-refractivity contribution in [2.45, 2.75) is 25.9 Å². The van der Waals surface area contributed by atoms with E-state index in [9.17, 15) is 19.2 Å². The van der Waals surface area contributed by atoms with E-state index in [1.165, 1.54) is 49.6 Å². The summed E-state index contributed by atoms with van der Waals surface area (Å²) in [7, 11) is 5.34.